The SMILES string of the molecule is CC(C)(C)C[C@H](CCC[NH+]=C(N)N)C(=O)N[C@H](CCC[NH+]=C(N)N)C(=O)O. The third kappa shape index (κ3) is 13.4. The number of carboxylic acids is 1. The molecule has 0 bridgehead atoms. The molecule has 0 aromatic rings. The minimum Gasteiger partial charge on any atom is -0.480 e. The van der Waals surface area contributed by atoms with Crippen molar-refractivity contribution in [2.75, 3.05) is 13.1 Å². The predicted molar refractivity (Wildman–Crippen MR) is 104 cm³/mol. The van der Waals surface area contributed by atoms with Crippen LogP contribution < -0.4 is 38.2 Å². The summed E-state index contributed by atoms with van der Waals surface area (Å²) in [7, 11) is 0. The van der Waals surface area contributed by atoms with E-state index in [2.05, 4.69) is 15.3 Å². The summed E-state index contributed by atoms with van der Waals surface area (Å²) >= 11 is 0. The fraction of sp³-hybridized carbons (Fsp3) is 0.765. The second-order valence-electron chi connectivity index (χ2n) is 7.91. The van der Waals surface area contributed by atoms with Gasteiger partial charge in [-0.15, -0.1) is 0 Å². The van der Waals surface area contributed by atoms with Crippen molar-refractivity contribution in [3.8, 4) is 0 Å². The van der Waals surface area contributed by atoms with E-state index < -0.39 is 12.0 Å². The Labute approximate surface area is 160 Å². The van der Waals surface area contributed by atoms with E-state index in [1.54, 1.807) is 0 Å². The molecule has 0 saturated heterocycles. The second kappa shape index (κ2) is 12.0. The highest BCUT2D eigenvalue weighted by Crippen LogP contribution is 2.27. The molecule has 0 aliphatic heterocycles. The number of carboxylic acid groups (broad SMARTS) is 1. The van der Waals surface area contributed by atoms with Gasteiger partial charge in [0.2, 0.25) is 5.91 Å². The van der Waals surface area contributed by atoms with Gasteiger partial charge >= 0.3 is 17.9 Å². The Hall–Kier alpha value is -2.52. The minimum absolute atomic E-state index is 0.0639. The first-order chi connectivity index (χ1) is 12.4. The number of nitrogens with one attached hydrogen (secondary N) is 3. The van der Waals surface area contributed by atoms with Crippen LogP contribution in [0.2, 0.25) is 0 Å². The summed E-state index contributed by atoms with van der Waals surface area (Å²) in [6, 6.07) is -0.952. The number of carbonyl (C=O) groups is 2. The van der Waals surface area contributed by atoms with Crippen molar-refractivity contribution in [2.24, 2.45) is 34.3 Å². The summed E-state index contributed by atoms with van der Waals surface area (Å²) in [5.41, 5.74) is 21.3. The monoisotopic (exact) mass is 387 g/mol. The maximum atomic E-state index is 12.7. The maximum Gasteiger partial charge on any atom is 0.338 e. The Morgan fingerprint density at radius 3 is 1.85 bits per heavy atom. The van der Waals surface area contributed by atoms with Crippen LogP contribution in [0.3, 0.4) is 0 Å². The van der Waals surface area contributed by atoms with Gasteiger partial charge < -0.3 is 10.4 Å². The zero-order chi connectivity index (χ0) is 21.0. The zero-order valence-electron chi connectivity index (χ0n) is 16.7. The van der Waals surface area contributed by atoms with Gasteiger partial charge in [0.05, 0.1) is 13.1 Å². The lowest BCUT2D eigenvalue weighted by atomic mass is 9.82. The lowest BCUT2D eigenvalue weighted by molar-refractivity contribution is -0.460. The van der Waals surface area contributed by atoms with E-state index in [0.717, 1.165) is 0 Å². The van der Waals surface area contributed by atoms with Gasteiger partial charge in [-0.3, -0.25) is 37.7 Å². The Balaban J connectivity index is 4.85. The van der Waals surface area contributed by atoms with Crippen molar-refractivity contribution in [1.82, 2.24) is 5.32 Å². The number of carbonyl (C=O) groups excluding carboxylic acids is 1. The average Bonchev–Trinajstić information content (AvgIpc) is 2.51. The minimum atomic E-state index is -1.06. The number of rotatable bonds is 12. The van der Waals surface area contributed by atoms with Gasteiger partial charge in [0.25, 0.3) is 0 Å². The molecule has 0 saturated carbocycles. The van der Waals surface area contributed by atoms with E-state index >= 15 is 0 Å². The van der Waals surface area contributed by atoms with Crippen molar-refractivity contribution >= 4 is 23.8 Å². The number of hydrogen-bond donors (Lipinski definition) is 8. The van der Waals surface area contributed by atoms with Crippen LogP contribution in [0.5, 0.6) is 0 Å². The van der Waals surface area contributed by atoms with Crippen molar-refractivity contribution in [2.45, 2.75) is 58.9 Å². The quantitative estimate of drug-likeness (QED) is 0.0944. The highest BCUT2D eigenvalue weighted by Gasteiger charge is 2.28. The van der Waals surface area contributed by atoms with Crippen LogP contribution in [-0.4, -0.2) is 48.0 Å². The van der Waals surface area contributed by atoms with Crippen molar-refractivity contribution in [3.05, 3.63) is 0 Å². The molecule has 12 N–H and O–H groups in total. The van der Waals surface area contributed by atoms with E-state index in [9.17, 15) is 14.7 Å². The summed E-state index contributed by atoms with van der Waals surface area (Å²) in [5.74, 6) is -1.38. The number of amides is 1. The van der Waals surface area contributed by atoms with Gasteiger partial charge in [-0.25, -0.2) is 4.79 Å². The third-order valence-electron chi connectivity index (χ3n) is 3.90. The molecule has 0 unspecified atom stereocenters. The van der Waals surface area contributed by atoms with Crippen molar-refractivity contribution in [1.29, 1.82) is 0 Å². The van der Waals surface area contributed by atoms with Crippen molar-refractivity contribution in [3.63, 3.8) is 0 Å². The molecule has 0 aliphatic rings. The van der Waals surface area contributed by atoms with Crippen LogP contribution in [0.25, 0.3) is 0 Å². The molecule has 0 radical (unpaired) electrons. The molecule has 0 aromatic heterocycles. The van der Waals surface area contributed by atoms with Gasteiger partial charge in [-0.1, -0.05) is 20.8 Å². The molecule has 0 fully saturated rings. The van der Waals surface area contributed by atoms with E-state index in [4.69, 9.17) is 22.9 Å². The summed E-state index contributed by atoms with van der Waals surface area (Å²) in [5, 5.41) is 12.1. The normalized spacial score (nSPS) is 13.3. The molecule has 0 heterocycles. The molecule has 10 heteroatoms. The number of aliphatic carboxylic acids is 1. The molecular formula is C17H37N7O3+2. The summed E-state index contributed by atoms with van der Waals surface area (Å²) in [6.07, 6.45) is 2.74. The van der Waals surface area contributed by atoms with Gasteiger partial charge in [0.1, 0.15) is 6.04 Å². The molecule has 156 valence electrons. The molecule has 1 amide bonds. The largest absolute Gasteiger partial charge is 0.480 e. The molecule has 0 aromatic carbocycles. The topological polar surface area (TPSA) is 198 Å². The Kier molecular flexibility index (Phi) is 10.9. The van der Waals surface area contributed by atoms with Crippen molar-refractivity contribution < 1.29 is 24.7 Å². The van der Waals surface area contributed by atoms with Gasteiger partial charge in [-0.05, 0) is 37.5 Å². The zero-order valence-corrected chi connectivity index (χ0v) is 16.7. The van der Waals surface area contributed by atoms with E-state index in [-0.39, 0.29) is 35.6 Å². The first kappa shape index (κ1) is 24.5. The van der Waals surface area contributed by atoms with Crippen LogP contribution in [0.15, 0.2) is 0 Å². The third-order valence-corrected chi connectivity index (χ3v) is 3.90. The Morgan fingerprint density at radius 2 is 1.44 bits per heavy atom. The predicted octanol–water partition coefficient (Wildman–Crippen LogP) is -4.12. The first-order valence-corrected chi connectivity index (χ1v) is 9.19. The van der Waals surface area contributed by atoms with Gasteiger partial charge in [0, 0.05) is 5.92 Å². The van der Waals surface area contributed by atoms with E-state index in [1.165, 1.54) is 0 Å². The Bertz CT molecular complexity index is 533. The maximum absolute atomic E-state index is 12.7. The molecule has 27 heavy (non-hydrogen) atoms. The summed E-state index contributed by atoms with van der Waals surface area (Å²) in [4.78, 5) is 29.7. The molecule has 0 rings (SSSR count). The average molecular weight is 388 g/mol. The molecule has 2 atom stereocenters. The lowest BCUT2D eigenvalue weighted by Gasteiger charge is -2.26. The molecule has 0 spiro atoms. The van der Waals surface area contributed by atoms with Crippen LogP contribution in [0.4, 0.5) is 0 Å². The second-order valence-corrected chi connectivity index (χ2v) is 7.91. The van der Waals surface area contributed by atoms with Crippen LogP contribution >= 0.6 is 0 Å². The van der Waals surface area contributed by atoms with Gasteiger partial charge in [-0.2, -0.15) is 0 Å². The Morgan fingerprint density at radius 1 is 0.963 bits per heavy atom. The number of hydrogen-bond acceptors (Lipinski definition) is 2. The molecular weight excluding hydrogens is 350 g/mol. The van der Waals surface area contributed by atoms with Crippen LogP contribution in [0, 0.1) is 11.3 Å². The molecule has 0 aliphatic carbocycles. The number of guanidine groups is 2. The lowest BCUT2D eigenvalue weighted by Crippen LogP contribution is -2.78. The number of nitrogens with two attached hydrogens (primary N) is 4. The smallest absolute Gasteiger partial charge is 0.338 e. The summed E-state index contributed by atoms with van der Waals surface area (Å²) in [6.45, 7) is 7.14. The van der Waals surface area contributed by atoms with Crippen LogP contribution in [0.1, 0.15) is 52.9 Å². The van der Waals surface area contributed by atoms with E-state index in [1.807, 2.05) is 20.8 Å². The van der Waals surface area contributed by atoms with Crippen LogP contribution in [-0.2, 0) is 9.59 Å². The summed E-state index contributed by atoms with van der Waals surface area (Å²) < 4.78 is 0. The molecule has 10 nitrogen and oxygen atoms in total. The highest BCUT2D eigenvalue weighted by atomic mass is 16.4. The van der Waals surface area contributed by atoms with Gasteiger partial charge in [0.15, 0.2) is 0 Å². The fourth-order valence-corrected chi connectivity index (χ4v) is 2.73. The standard InChI is InChI=1S/C17H35N7O3/c1-17(2,3)10-11(6-4-8-22-15(18)19)13(25)24-12(14(26)27)7-5-9-23-16(20)21/h11-12H,4-10H2,1-3H3,(H,24,25)(H,26,27)(H4,18,19,22)(H4,20,21,23)/p+2/t11-,12+/m0/s1. The first-order valence-electron chi connectivity index (χ1n) is 9.19. The fourth-order valence-electron chi connectivity index (χ4n) is 2.73. The highest BCUT2D eigenvalue weighted by molar-refractivity contribution is 5.85. The van der Waals surface area contributed by atoms with E-state index in [0.29, 0.717) is 38.8 Å².